The van der Waals surface area contributed by atoms with Crippen molar-refractivity contribution in [3.05, 3.63) is 77.9 Å². The van der Waals surface area contributed by atoms with Crippen molar-refractivity contribution in [2.75, 3.05) is 40.5 Å². The Labute approximate surface area is 361 Å². The van der Waals surface area contributed by atoms with Crippen molar-refractivity contribution in [1.29, 1.82) is 0 Å². The zero-order valence-corrected chi connectivity index (χ0v) is 36.3. The maximum absolute atomic E-state index is 14.1. The van der Waals surface area contributed by atoms with Gasteiger partial charge in [0, 0.05) is 49.5 Å². The molecule has 328 valence electrons. The zero-order chi connectivity index (χ0) is 43.7. The SMILES string of the molecule is COC(=O)N[C@H](C(=O)N1C[C@@H]2C[C@H]1c1nc(-c3ccc4cc(-c5ccc6cc([C@@H]7CCCN7C(=O)[C@H](NC(=O)OC)C(C)C)[nH]c6c5)ccc4c3)c([nH]1)COCCCO2)C(C)C. The Balaban J connectivity index is 1.04. The standard InChI is InChI=1S/C47H57N7O8/c1-26(2)40(51-46(57)59-5)44(55)53-16-7-9-38(53)36-22-32-14-12-31(21-35(32)48-36)29-10-11-30-20-33(15-13-28(30)19-29)42-37-25-61-17-8-18-62-34-23-39(43(49-37)50-42)54(24-34)45(56)41(27(3)4)52-47(58)60-6/h10-15,19-22,26-27,34,38-41,48H,7-9,16-18,23-25H2,1-6H3,(H,49,50)(H,51,57)(H,52,58)/t34-,38-,39-,40+,41-/m0/s1. The number of hydrogen-bond acceptors (Lipinski definition) is 9. The number of likely N-dealkylation sites (tertiary alicyclic amines) is 2. The molecule has 3 aliphatic heterocycles. The van der Waals surface area contributed by atoms with Gasteiger partial charge in [-0.15, -0.1) is 0 Å². The summed E-state index contributed by atoms with van der Waals surface area (Å²) in [4.78, 5) is 68.1. The second kappa shape index (κ2) is 18.2. The third-order valence-electron chi connectivity index (χ3n) is 12.5. The summed E-state index contributed by atoms with van der Waals surface area (Å²) < 4.78 is 21.9. The number of hydrogen-bond donors (Lipinski definition) is 4. The zero-order valence-electron chi connectivity index (χ0n) is 36.3. The molecule has 2 saturated heterocycles. The molecule has 15 nitrogen and oxygen atoms in total. The Hall–Kier alpha value is -5.93. The Morgan fingerprint density at radius 2 is 1.37 bits per heavy atom. The van der Waals surface area contributed by atoms with Crippen molar-refractivity contribution in [2.45, 2.75) is 90.3 Å². The van der Waals surface area contributed by atoms with E-state index in [2.05, 4.69) is 81.3 Å². The number of rotatable bonds is 9. The van der Waals surface area contributed by atoms with Gasteiger partial charge in [-0.1, -0.05) is 64.1 Å². The molecule has 4 amide bonds. The van der Waals surface area contributed by atoms with Crippen LogP contribution in [0.1, 0.15) is 82.7 Å². The summed E-state index contributed by atoms with van der Waals surface area (Å²) in [6.45, 7) is 10.0. The fraction of sp³-hybridized carbons (Fsp3) is 0.468. The van der Waals surface area contributed by atoms with Crippen molar-refractivity contribution in [3.63, 3.8) is 0 Å². The summed E-state index contributed by atoms with van der Waals surface area (Å²) in [7, 11) is 2.59. The van der Waals surface area contributed by atoms with Crippen molar-refractivity contribution in [2.24, 2.45) is 11.8 Å². The highest BCUT2D eigenvalue weighted by molar-refractivity contribution is 5.93. The van der Waals surface area contributed by atoms with Crippen molar-refractivity contribution in [1.82, 2.24) is 35.4 Å². The van der Waals surface area contributed by atoms with E-state index in [1.807, 2.05) is 32.6 Å². The predicted molar refractivity (Wildman–Crippen MR) is 234 cm³/mol. The number of aromatic nitrogens is 3. The highest BCUT2D eigenvalue weighted by Gasteiger charge is 2.43. The van der Waals surface area contributed by atoms with Crippen LogP contribution in [-0.4, -0.2) is 107 Å². The maximum atomic E-state index is 14.1. The minimum Gasteiger partial charge on any atom is -0.453 e. The number of carbonyl (C=O) groups excluding carboxylic acids is 4. The van der Waals surface area contributed by atoms with Gasteiger partial charge in [-0.2, -0.15) is 0 Å². The van der Waals surface area contributed by atoms with Crippen LogP contribution in [0.15, 0.2) is 60.7 Å². The predicted octanol–water partition coefficient (Wildman–Crippen LogP) is 7.38. The van der Waals surface area contributed by atoms with E-state index >= 15 is 0 Å². The minimum absolute atomic E-state index is 0.0982. The lowest BCUT2D eigenvalue weighted by atomic mass is 9.98. The van der Waals surface area contributed by atoms with Crippen LogP contribution in [0.5, 0.6) is 0 Å². The largest absolute Gasteiger partial charge is 0.453 e. The molecule has 5 aromatic rings. The number of nitrogens with zero attached hydrogens (tertiary/aromatic N) is 3. The molecule has 62 heavy (non-hydrogen) atoms. The fourth-order valence-corrected chi connectivity index (χ4v) is 9.13. The Kier molecular flexibility index (Phi) is 12.5. The van der Waals surface area contributed by atoms with Gasteiger partial charge < -0.3 is 49.3 Å². The Bertz CT molecular complexity index is 2460. The number of aromatic amines is 2. The molecule has 0 spiro atoms. The summed E-state index contributed by atoms with van der Waals surface area (Å²) in [6, 6.07) is 19.3. The molecule has 2 fully saturated rings. The second-order valence-electron chi connectivity index (χ2n) is 17.3. The van der Waals surface area contributed by atoms with Gasteiger partial charge in [0.2, 0.25) is 11.8 Å². The lowest BCUT2D eigenvalue weighted by Crippen LogP contribution is -2.51. The molecule has 5 heterocycles. The average molecular weight is 848 g/mol. The molecule has 3 aromatic carbocycles. The first kappa shape index (κ1) is 42.7. The summed E-state index contributed by atoms with van der Waals surface area (Å²) in [5.41, 5.74) is 6.63. The van der Waals surface area contributed by atoms with Gasteiger partial charge in [0.05, 0.1) is 50.4 Å². The van der Waals surface area contributed by atoms with Crippen LogP contribution in [0.25, 0.3) is 44.1 Å². The first-order chi connectivity index (χ1) is 29.9. The molecule has 3 aliphatic rings. The number of methoxy groups -OCH3 is 2. The second-order valence-corrected chi connectivity index (χ2v) is 17.3. The topological polar surface area (TPSA) is 180 Å². The first-order valence-corrected chi connectivity index (χ1v) is 21.7. The van der Waals surface area contributed by atoms with Gasteiger partial charge in [0.15, 0.2) is 0 Å². The molecule has 15 heteroatoms. The maximum Gasteiger partial charge on any atom is 0.407 e. The molecule has 0 unspecified atom stereocenters. The molecule has 0 saturated carbocycles. The van der Waals surface area contributed by atoms with Crippen LogP contribution in [0.3, 0.4) is 0 Å². The number of alkyl carbamates (subject to hydrolysis) is 2. The van der Waals surface area contributed by atoms with E-state index in [9.17, 15) is 19.2 Å². The van der Waals surface area contributed by atoms with E-state index in [4.69, 9.17) is 23.9 Å². The monoisotopic (exact) mass is 847 g/mol. The van der Waals surface area contributed by atoms with Crippen molar-refractivity contribution >= 4 is 45.7 Å². The van der Waals surface area contributed by atoms with Gasteiger partial charge in [-0.05, 0) is 82.6 Å². The smallest absolute Gasteiger partial charge is 0.407 e. The van der Waals surface area contributed by atoms with E-state index < -0.39 is 24.3 Å². The van der Waals surface area contributed by atoms with Crippen LogP contribution in [0, 0.1) is 11.8 Å². The summed E-state index contributed by atoms with van der Waals surface area (Å²) in [5.74, 6) is 0.0744. The molecule has 0 aliphatic carbocycles. The van der Waals surface area contributed by atoms with Crippen LogP contribution >= 0.6 is 0 Å². The summed E-state index contributed by atoms with van der Waals surface area (Å²) in [6.07, 6.45) is 1.55. The molecule has 0 radical (unpaired) electrons. The minimum atomic E-state index is -0.772. The first-order valence-electron chi connectivity index (χ1n) is 21.7. The molecule has 4 N–H and O–H groups in total. The molecule has 8 rings (SSSR count). The van der Waals surface area contributed by atoms with Gasteiger partial charge in [-0.3, -0.25) is 9.59 Å². The lowest BCUT2D eigenvalue weighted by Gasteiger charge is -2.30. The van der Waals surface area contributed by atoms with E-state index in [0.717, 1.165) is 74.7 Å². The Morgan fingerprint density at radius 3 is 2.05 bits per heavy atom. The van der Waals surface area contributed by atoms with Crippen LogP contribution in [0.2, 0.25) is 0 Å². The summed E-state index contributed by atoms with van der Waals surface area (Å²) in [5, 5.41) is 8.65. The van der Waals surface area contributed by atoms with Crippen LogP contribution < -0.4 is 10.6 Å². The number of carbonyl (C=O) groups is 4. The van der Waals surface area contributed by atoms with E-state index in [0.29, 0.717) is 45.2 Å². The van der Waals surface area contributed by atoms with E-state index in [-0.39, 0.29) is 41.8 Å². The van der Waals surface area contributed by atoms with Gasteiger partial charge in [0.1, 0.15) is 17.9 Å². The molecule has 5 atom stereocenters. The van der Waals surface area contributed by atoms with E-state index in [1.165, 1.54) is 14.2 Å². The number of fused-ring (bicyclic) bond motifs is 7. The average Bonchev–Trinajstić information content (AvgIpc) is 4.09. The highest BCUT2D eigenvalue weighted by Crippen LogP contribution is 2.38. The number of H-pyrrole nitrogens is 2. The van der Waals surface area contributed by atoms with E-state index in [1.54, 1.807) is 4.90 Å². The van der Waals surface area contributed by atoms with Crippen LogP contribution in [0.4, 0.5) is 9.59 Å². The van der Waals surface area contributed by atoms with Crippen molar-refractivity contribution < 1.29 is 38.1 Å². The molecule has 2 aromatic heterocycles. The number of ether oxygens (including phenoxy) is 4. The fourth-order valence-electron chi connectivity index (χ4n) is 9.13. The summed E-state index contributed by atoms with van der Waals surface area (Å²) >= 11 is 0. The molecular formula is C47H57N7O8. The van der Waals surface area contributed by atoms with Gasteiger partial charge >= 0.3 is 12.2 Å². The molecular weight excluding hydrogens is 791 g/mol. The van der Waals surface area contributed by atoms with Gasteiger partial charge in [-0.25, -0.2) is 14.6 Å². The normalized spacial score (nSPS) is 20.2. The van der Waals surface area contributed by atoms with Gasteiger partial charge in [0.25, 0.3) is 0 Å². The third kappa shape index (κ3) is 8.73. The lowest BCUT2D eigenvalue weighted by molar-refractivity contribution is -0.136. The van der Waals surface area contributed by atoms with Crippen LogP contribution in [-0.2, 0) is 35.1 Å². The number of amides is 4. The van der Waals surface area contributed by atoms with Crippen molar-refractivity contribution in [3.8, 4) is 22.4 Å². The number of benzene rings is 3. The number of imidazole rings is 1. The Morgan fingerprint density at radius 1 is 0.742 bits per heavy atom. The molecule has 4 bridgehead atoms. The third-order valence-corrected chi connectivity index (χ3v) is 12.5. The number of nitrogens with one attached hydrogen (secondary N) is 4. The quantitative estimate of drug-likeness (QED) is 0.118. The highest BCUT2D eigenvalue weighted by atomic mass is 16.5.